The number of aromatic nitrogens is 1. The van der Waals surface area contributed by atoms with E-state index in [1.165, 1.54) is 32.5 Å². The number of hydrogen-bond donors (Lipinski definition) is 2. The van der Waals surface area contributed by atoms with Crippen LogP contribution in [0.15, 0.2) is 15.6 Å². The molecule has 1 atom stereocenters. The van der Waals surface area contributed by atoms with E-state index in [9.17, 15) is 0 Å². The molecular weight excluding hydrogens is 453 g/mol. The monoisotopic (exact) mass is 491 g/mol. The van der Waals surface area contributed by atoms with E-state index in [-0.39, 0.29) is 24.0 Å². The molecule has 0 amide bonds. The topological polar surface area (TPSA) is 65.7 Å². The quantitative estimate of drug-likeness (QED) is 0.329. The minimum atomic E-state index is 0. The molecule has 2 N–H and O–H groups in total. The van der Waals surface area contributed by atoms with E-state index in [0.29, 0.717) is 18.4 Å². The molecule has 2 heterocycles. The standard InChI is InChI=1S/C20H37N5O.HI/c1-6-21-20(23-12-18-10-19(16(4)5)24-26-18)22-11-17-8-7-9-25(14-17)13-15(2)3;/h10,15-17H,6-9,11-14H2,1-5H3,(H2,21,22,23);1H. The Hall–Kier alpha value is -0.830. The number of rotatable bonds is 8. The molecule has 0 radical (unpaired) electrons. The Kier molecular flexibility index (Phi) is 11.3. The van der Waals surface area contributed by atoms with Crippen LogP contribution in [0.3, 0.4) is 0 Å². The minimum Gasteiger partial charge on any atom is -0.359 e. The highest BCUT2D eigenvalue weighted by atomic mass is 127. The number of nitrogens with one attached hydrogen (secondary N) is 2. The Morgan fingerprint density at radius 3 is 2.74 bits per heavy atom. The number of aliphatic imine (C=N–C) groups is 1. The Morgan fingerprint density at radius 1 is 1.33 bits per heavy atom. The summed E-state index contributed by atoms with van der Waals surface area (Å²) in [6.07, 6.45) is 2.59. The fraction of sp³-hybridized carbons (Fsp3) is 0.800. The Morgan fingerprint density at radius 2 is 2.11 bits per heavy atom. The van der Waals surface area contributed by atoms with Crippen LogP contribution in [0.25, 0.3) is 0 Å². The molecule has 1 unspecified atom stereocenters. The summed E-state index contributed by atoms with van der Waals surface area (Å²) < 4.78 is 5.38. The second kappa shape index (κ2) is 12.6. The Balaban J connectivity index is 0.00000364. The smallest absolute Gasteiger partial charge is 0.191 e. The first-order valence-electron chi connectivity index (χ1n) is 10.2. The van der Waals surface area contributed by atoms with Crippen LogP contribution in [-0.4, -0.2) is 48.7 Å². The third kappa shape index (κ3) is 8.81. The summed E-state index contributed by atoms with van der Waals surface area (Å²) in [6, 6.07) is 2.00. The normalized spacial score (nSPS) is 18.6. The van der Waals surface area contributed by atoms with Crippen LogP contribution in [0.1, 0.15) is 64.8 Å². The van der Waals surface area contributed by atoms with Crippen molar-refractivity contribution in [3.8, 4) is 0 Å². The van der Waals surface area contributed by atoms with Crippen LogP contribution in [-0.2, 0) is 6.54 Å². The maximum absolute atomic E-state index is 5.38. The van der Waals surface area contributed by atoms with Crippen LogP contribution < -0.4 is 10.6 Å². The van der Waals surface area contributed by atoms with E-state index in [0.717, 1.165) is 36.4 Å². The van der Waals surface area contributed by atoms with Gasteiger partial charge in [-0.3, -0.25) is 0 Å². The van der Waals surface area contributed by atoms with Crippen molar-refractivity contribution >= 4 is 29.9 Å². The minimum absolute atomic E-state index is 0. The van der Waals surface area contributed by atoms with Gasteiger partial charge >= 0.3 is 0 Å². The SMILES string of the molecule is CCNC(=NCc1cc(C(C)C)no1)NCC1CCCN(CC(C)C)C1.I. The molecule has 1 aromatic heterocycles. The summed E-state index contributed by atoms with van der Waals surface area (Å²) in [4.78, 5) is 7.26. The van der Waals surface area contributed by atoms with E-state index in [1.807, 2.05) is 6.07 Å². The van der Waals surface area contributed by atoms with Crippen molar-refractivity contribution in [3.05, 3.63) is 17.5 Å². The van der Waals surface area contributed by atoms with Gasteiger partial charge in [-0.15, -0.1) is 24.0 Å². The van der Waals surface area contributed by atoms with Crippen molar-refractivity contribution in [3.63, 3.8) is 0 Å². The average molecular weight is 491 g/mol. The summed E-state index contributed by atoms with van der Waals surface area (Å²) in [5.41, 5.74) is 0.987. The zero-order chi connectivity index (χ0) is 18.9. The first-order chi connectivity index (χ1) is 12.5. The van der Waals surface area contributed by atoms with Gasteiger partial charge < -0.3 is 20.1 Å². The van der Waals surface area contributed by atoms with E-state index in [2.05, 4.69) is 60.3 Å². The summed E-state index contributed by atoms with van der Waals surface area (Å²) in [6.45, 7) is 16.9. The molecule has 0 bridgehead atoms. The third-order valence-electron chi connectivity index (χ3n) is 4.69. The van der Waals surface area contributed by atoms with Crippen molar-refractivity contribution in [2.24, 2.45) is 16.8 Å². The summed E-state index contributed by atoms with van der Waals surface area (Å²) in [7, 11) is 0. The zero-order valence-corrected chi connectivity index (χ0v) is 20.0. The summed E-state index contributed by atoms with van der Waals surface area (Å²) in [5.74, 6) is 3.47. The van der Waals surface area contributed by atoms with Gasteiger partial charge in [0.15, 0.2) is 11.7 Å². The van der Waals surface area contributed by atoms with Gasteiger partial charge in [-0.25, -0.2) is 4.99 Å². The molecule has 2 rings (SSSR count). The highest BCUT2D eigenvalue weighted by Gasteiger charge is 2.20. The third-order valence-corrected chi connectivity index (χ3v) is 4.69. The van der Waals surface area contributed by atoms with Gasteiger partial charge in [-0.05, 0) is 44.1 Å². The largest absolute Gasteiger partial charge is 0.359 e. The average Bonchev–Trinajstić information content (AvgIpc) is 3.06. The predicted molar refractivity (Wildman–Crippen MR) is 123 cm³/mol. The molecule has 1 aliphatic heterocycles. The zero-order valence-electron chi connectivity index (χ0n) is 17.6. The first kappa shape index (κ1) is 24.2. The maximum Gasteiger partial charge on any atom is 0.191 e. The van der Waals surface area contributed by atoms with Crippen molar-refractivity contribution in [2.75, 3.05) is 32.7 Å². The molecule has 6 nitrogen and oxygen atoms in total. The van der Waals surface area contributed by atoms with Gasteiger partial charge in [0.1, 0.15) is 6.54 Å². The lowest BCUT2D eigenvalue weighted by Crippen LogP contribution is -2.45. The maximum atomic E-state index is 5.38. The molecule has 1 aromatic rings. The molecule has 0 spiro atoms. The van der Waals surface area contributed by atoms with Gasteiger partial charge in [0, 0.05) is 32.2 Å². The number of piperidine rings is 1. The van der Waals surface area contributed by atoms with Crippen molar-refractivity contribution < 1.29 is 4.52 Å². The van der Waals surface area contributed by atoms with E-state index >= 15 is 0 Å². The van der Waals surface area contributed by atoms with Crippen molar-refractivity contribution in [1.29, 1.82) is 0 Å². The lowest BCUT2D eigenvalue weighted by molar-refractivity contribution is 0.159. The van der Waals surface area contributed by atoms with E-state index < -0.39 is 0 Å². The summed E-state index contributed by atoms with van der Waals surface area (Å²) >= 11 is 0. The first-order valence-corrected chi connectivity index (χ1v) is 10.2. The molecule has 7 heteroatoms. The van der Waals surface area contributed by atoms with Gasteiger partial charge in [0.25, 0.3) is 0 Å². The Bertz CT molecular complexity index is 558. The van der Waals surface area contributed by atoms with Crippen LogP contribution in [0.2, 0.25) is 0 Å². The van der Waals surface area contributed by atoms with E-state index in [1.54, 1.807) is 0 Å². The van der Waals surface area contributed by atoms with Gasteiger partial charge in [0.05, 0.1) is 5.69 Å². The van der Waals surface area contributed by atoms with Crippen LogP contribution in [0.4, 0.5) is 0 Å². The number of halogens is 1. The van der Waals surface area contributed by atoms with Crippen molar-refractivity contribution in [1.82, 2.24) is 20.7 Å². The van der Waals surface area contributed by atoms with Crippen LogP contribution in [0.5, 0.6) is 0 Å². The summed E-state index contributed by atoms with van der Waals surface area (Å²) in [5, 5.41) is 10.9. The lowest BCUT2D eigenvalue weighted by atomic mass is 9.97. The molecule has 0 aromatic carbocycles. The van der Waals surface area contributed by atoms with Crippen LogP contribution >= 0.6 is 24.0 Å². The fourth-order valence-electron chi connectivity index (χ4n) is 3.42. The van der Waals surface area contributed by atoms with Gasteiger partial charge in [-0.1, -0.05) is 32.9 Å². The lowest BCUT2D eigenvalue weighted by Gasteiger charge is -2.34. The molecule has 1 saturated heterocycles. The molecular formula is C20H38IN5O. The fourth-order valence-corrected chi connectivity index (χ4v) is 3.42. The Labute approximate surface area is 181 Å². The second-order valence-corrected chi connectivity index (χ2v) is 8.11. The number of likely N-dealkylation sites (tertiary alicyclic amines) is 1. The highest BCUT2D eigenvalue weighted by Crippen LogP contribution is 2.17. The molecule has 1 fully saturated rings. The number of guanidine groups is 1. The van der Waals surface area contributed by atoms with Crippen molar-refractivity contribution in [2.45, 2.75) is 59.9 Å². The molecule has 156 valence electrons. The number of hydrogen-bond acceptors (Lipinski definition) is 4. The highest BCUT2D eigenvalue weighted by molar-refractivity contribution is 14.0. The van der Waals surface area contributed by atoms with Crippen LogP contribution in [0, 0.1) is 11.8 Å². The predicted octanol–water partition coefficient (Wildman–Crippen LogP) is 3.84. The molecule has 0 aliphatic carbocycles. The number of nitrogens with zero attached hydrogens (tertiary/aromatic N) is 3. The second-order valence-electron chi connectivity index (χ2n) is 8.11. The van der Waals surface area contributed by atoms with Gasteiger partial charge in [-0.2, -0.15) is 0 Å². The molecule has 1 aliphatic rings. The van der Waals surface area contributed by atoms with Gasteiger partial charge in [0.2, 0.25) is 0 Å². The van der Waals surface area contributed by atoms with E-state index in [4.69, 9.17) is 4.52 Å². The molecule has 27 heavy (non-hydrogen) atoms. The molecule has 0 saturated carbocycles.